The van der Waals surface area contributed by atoms with E-state index in [4.69, 9.17) is 14.2 Å². The molecular weight excluding hydrogens is 440 g/mol. The normalized spacial score (nSPS) is 10.8. The van der Waals surface area contributed by atoms with E-state index < -0.39 is 5.91 Å². The summed E-state index contributed by atoms with van der Waals surface area (Å²) in [5.41, 5.74) is 0.632. The molecule has 3 aromatic rings. The molecule has 0 saturated heterocycles. The number of amides is 2. The number of aromatic nitrogens is 4. The standard InChI is InChI=1S/C23H30N6O5/c1-6-28-13-17(20(27-28)23(31)24-12-15(2)3)25-22(30)16-10-11-29(26-16)14-34-21-18(32-4)8-7-9-19(21)33-5/h7-11,13,15H,6,12,14H2,1-5H3,(H,24,31)(H,25,30). The molecule has 0 bridgehead atoms. The number of carbonyl (C=O) groups excluding carboxylic acids is 2. The molecule has 2 heterocycles. The fraction of sp³-hybridized carbons (Fsp3) is 0.391. The second kappa shape index (κ2) is 11.2. The monoisotopic (exact) mass is 470 g/mol. The summed E-state index contributed by atoms with van der Waals surface area (Å²) >= 11 is 0. The van der Waals surface area contributed by atoms with E-state index in [1.807, 2.05) is 20.8 Å². The van der Waals surface area contributed by atoms with Gasteiger partial charge in [0.05, 0.1) is 19.9 Å². The first-order chi connectivity index (χ1) is 16.4. The van der Waals surface area contributed by atoms with Gasteiger partial charge in [-0.2, -0.15) is 10.2 Å². The number of carbonyl (C=O) groups is 2. The van der Waals surface area contributed by atoms with E-state index in [9.17, 15) is 9.59 Å². The largest absolute Gasteiger partial charge is 0.493 e. The number of nitrogens with one attached hydrogen (secondary N) is 2. The third kappa shape index (κ3) is 5.85. The van der Waals surface area contributed by atoms with Gasteiger partial charge < -0.3 is 24.8 Å². The van der Waals surface area contributed by atoms with Gasteiger partial charge in [0, 0.05) is 25.5 Å². The number of ether oxygens (including phenoxy) is 3. The second-order valence-electron chi connectivity index (χ2n) is 7.81. The highest BCUT2D eigenvalue weighted by molar-refractivity contribution is 6.07. The van der Waals surface area contributed by atoms with Gasteiger partial charge in [-0.05, 0) is 31.0 Å². The van der Waals surface area contributed by atoms with Crippen LogP contribution in [0.2, 0.25) is 0 Å². The first-order valence-corrected chi connectivity index (χ1v) is 10.9. The Morgan fingerprint density at radius 3 is 2.35 bits per heavy atom. The molecule has 0 unspecified atom stereocenters. The summed E-state index contributed by atoms with van der Waals surface area (Å²) in [5.74, 6) is 0.930. The molecule has 3 rings (SSSR count). The maximum atomic E-state index is 12.8. The summed E-state index contributed by atoms with van der Waals surface area (Å²) in [4.78, 5) is 25.4. The number of hydrogen-bond acceptors (Lipinski definition) is 7. The molecule has 0 spiro atoms. The third-order valence-electron chi connectivity index (χ3n) is 4.82. The zero-order valence-electron chi connectivity index (χ0n) is 20.0. The topological polar surface area (TPSA) is 122 Å². The lowest BCUT2D eigenvalue weighted by Crippen LogP contribution is -2.28. The molecule has 11 heteroatoms. The van der Waals surface area contributed by atoms with Gasteiger partial charge in [0.25, 0.3) is 11.8 Å². The molecular formula is C23H30N6O5. The number of benzene rings is 1. The van der Waals surface area contributed by atoms with Crippen LogP contribution in [0.1, 0.15) is 41.7 Å². The lowest BCUT2D eigenvalue weighted by Gasteiger charge is -2.13. The molecule has 2 amide bonds. The van der Waals surface area contributed by atoms with Crippen molar-refractivity contribution >= 4 is 17.5 Å². The van der Waals surface area contributed by atoms with Crippen LogP contribution < -0.4 is 24.8 Å². The van der Waals surface area contributed by atoms with Crippen LogP contribution in [0.15, 0.2) is 36.7 Å². The van der Waals surface area contributed by atoms with Crippen LogP contribution in [0.4, 0.5) is 5.69 Å². The molecule has 34 heavy (non-hydrogen) atoms. The lowest BCUT2D eigenvalue weighted by atomic mass is 10.2. The molecule has 0 fully saturated rings. The van der Waals surface area contributed by atoms with E-state index >= 15 is 0 Å². The number of para-hydroxylation sites is 1. The zero-order chi connectivity index (χ0) is 24.7. The molecule has 0 atom stereocenters. The van der Waals surface area contributed by atoms with Crippen molar-refractivity contribution in [1.29, 1.82) is 0 Å². The van der Waals surface area contributed by atoms with Crippen LogP contribution in [-0.2, 0) is 13.3 Å². The molecule has 11 nitrogen and oxygen atoms in total. The van der Waals surface area contributed by atoms with Crippen molar-refractivity contribution in [3.05, 3.63) is 48.0 Å². The van der Waals surface area contributed by atoms with E-state index in [-0.39, 0.29) is 29.9 Å². The van der Waals surface area contributed by atoms with E-state index in [1.165, 1.54) is 18.9 Å². The molecule has 0 aliphatic carbocycles. The Bertz CT molecular complexity index is 1110. The maximum Gasteiger partial charge on any atom is 0.276 e. The third-order valence-corrected chi connectivity index (χ3v) is 4.82. The fourth-order valence-electron chi connectivity index (χ4n) is 3.05. The quantitative estimate of drug-likeness (QED) is 0.442. The Morgan fingerprint density at radius 1 is 1.03 bits per heavy atom. The van der Waals surface area contributed by atoms with Crippen molar-refractivity contribution in [3.63, 3.8) is 0 Å². The Hall–Kier alpha value is -4.02. The fourth-order valence-corrected chi connectivity index (χ4v) is 3.05. The highest BCUT2D eigenvalue weighted by atomic mass is 16.5. The summed E-state index contributed by atoms with van der Waals surface area (Å²) in [6.45, 7) is 6.98. The van der Waals surface area contributed by atoms with Crippen LogP contribution in [0.3, 0.4) is 0 Å². The zero-order valence-corrected chi connectivity index (χ0v) is 20.0. The van der Waals surface area contributed by atoms with Crippen molar-refractivity contribution in [3.8, 4) is 17.2 Å². The van der Waals surface area contributed by atoms with Gasteiger partial charge in [0.1, 0.15) is 0 Å². The average molecular weight is 471 g/mol. The van der Waals surface area contributed by atoms with Crippen LogP contribution in [0, 0.1) is 5.92 Å². The summed E-state index contributed by atoms with van der Waals surface area (Å²) < 4.78 is 19.5. The molecule has 1 aromatic carbocycles. The van der Waals surface area contributed by atoms with Crippen LogP contribution in [0.25, 0.3) is 0 Å². The smallest absolute Gasteiger partial charge is 0.276 e. The minimum atomic E-state index is -0.470. The maximum absolute atomic E-state index is 12.8. The van der Waals surface area contributed by atoms with Crippen LogP contribution >= 0.6 is 0 Å². The molecule has 0 radical (unpaired) electrons. The highest BCUT2D eigenvalue weighted by Crippen LogP contribution is 2.36. The van der Waals surface area contributed by atoms with E-state index in [0.717, 1.165) is 0 Å². The number of hydrogen-bond donors (Lipinski definition) is 2. The number of nitrogens with zero attached hydrogens (tertiary/aromatic N) is 4. The molecule has 182 valence electrons. The number of anilines is 1. The van der Waals surface area contributed by atoms with E-state index in [1.54, 1.807) is 41.3 Å². The number of methoxy groups -OCH3 is 2. The summed E-state index contributed by atoms with van der Waals surface area (Å²) in [7, 11) is 3.08. The van der Waals surface area contributed by atoms with Gasteiger partial charge in [-0.3, -0.25) is 14.3 Å². The molecule has 0 aliphatic rings. The van der Waals surface area contributed by atoms with Gasteiger partial charge in [-0.1, -0.05) is 19.9 Å². The van der Waals surface area contributed by atoms with Crippen LogP contribution in [0.5, 0.6) is 17.2 Å². The van der Waals surface area contributed by atoms with E-state index in [2.05, 4.69) is 20.8 Å². The van der Waals surface area contributed by atoms with Crippen molar-refractivity contribution in [1.82, 2.24) is 24.9 Å². The minimum Gasteiger partial charge on any atom is -0.493 e. The van der Waals surface area contributed by atoms with Gasteiger partial charge in [0.2, 0.25) is 5.75 Å². The predicted molar refractivity (Wildman–Crippen MR) is 125 cm³/mol. The van der Waals surface area contributed by atoms with Gasteiger partial charge in [-0.25, -0.2) is 4.68 Å². The summed E-state index contributed by atoms with van der Waals surface area (Å²) in [6, 6.07) is 6.86. The minimum absolute atomic E-state index is 0.0284. The SMILES string of the molecule is CCn1cc(NC(=O)c2ccn(COc3c(OC)cccc3OC)n2)c(C(=O)NCC(C)C)n1. The average Bonchev–Trinajstić information content (AvgIpc) is 3.48. The molecule has 0 saturated carbocycles. The van der Waals surface area contributed by atoms with Gasteiger partial charge >= 0.3 is 0 Å². The summed E-state index contributed by atoms with van der Waals surface area (Å²) in [5, 5.41) is 14.1. The summed E-state index contributed by atoms with van der Waals surface area (Å²) in [6.07, 6.45) is 3.23. The Labute approximate surface area is 198 Å². The highest BCUT2D eigenvalue weighted by Gasteiger charge is 2.20. The Kier molecular flexibility index (Phi) is 8.12. The van der Waals surface area contributed by atoms with Gasteiger partial charge in [-0.15, -0.1) is 0 Å². The van der Waals surface area contributed by atoms with Crippen molar-refractivity contribution in [2.24, 2.45) is 5.92 Å². The number of rotatable bonds is 11. The molecule has 2 N–H and O–H groups in total. The van der Waals surface area contributed by atoms with Gasteiger partial charge in [0.15, 0.2) is 29.6 Å². The van der Waals surface area contributed by atoms with Crippen molar-refractivity contribution in [2.75, 3.05) is 26.1 Å². The van der Waals surface area contributed by atoms with Crippen LogP contribution in [-0.4, -0.2) is 52.1 Å². The lowest BCUT2D eigenvalue weighted by molar-refractivity contribution is 0.0944. The first-order valence-electron chi connectivity index (χ1n) is 10.9. The number of aryl methyl sites for hydroxylation is 1. The van der Waals surface area contributed by atoms with Crippen molar-refractivity contribution < 1.29 is 23.8 Å². The predicted octanol–water partition coefficient (Wildman–Crippen LogP) is 2.79. The molecule has 2 aromatic heterocycles. The van der Waals surface area contributed by atoms with E-state index in [0.29, 0.717) is 36.0 Å². The Balaban J connectivity index is 1.70. The second-order valence-corrected chi connectivity index (χ2v) is 7.81. The first kappa shape index (κ1) is 24.6. The molecule has 0 aliphatic heterocycles. The van der Waals surface area contributed by atoms with Crippen molar-refractivity contribution in [2.45, 2.75) is 34.0 Å². The Morgan fingerprint density at radius 2 is 1.74 bits per heavy atom.